The van der Waals surface area contributed by atoms with Gasteiger partial charge in [0.25, 0.3) is 0 Å². The predicted molar refractivity (Wildman–Crippen MR) is 82.1 cm³/mol. The number of hydrogen-bond acceptors (Lipinski definition) is 3. The Morgan fingerprint density at radius 2 is 1.80 bits per heavy atom. The van der Waals surface area contributed by atoms with Crippen molar-refractivity contribution in [3.63, 3.8) is 0 Å². The van der Waals surface area contributed by atoms with Crippen LogP contribution in [-0.2, 0) is 5.41 Å². The molecule has 0 aliphatic heterocycles. The number of rotatable bonds is 5. The van der Waals surface area contributed by atoms with E-state index in [0.29, 0.717) is 13.2 Å². The van der Waals surface area contributed by atoms with E-state index in [1.165, 1.54) is 6.08 Å². The van der Waals surface area contributed by atoms with Gasteiger partial charge in [-0.1, -0.05) is 20.8 Å². The fourth-order valence-corrected chi connectivity index (χ4v) is 1.99. The molecule has 108 valence electrons. The molecule has 0 radical (unpaired) electrons. The lowest BCUT2D eigenvalue weighted by atomic mass is 9.85. The van der Waals surface area contributed by atoms with Crippen molar-refractivity contribution in [1.29, 1.82) is 5.26 Å². The molecule has 0 amide bonds. The van der Waals surface area contributed by atoms with E-state index in [1.807, 2.05) is 32.0 Å². The zero-order valence-corrected chi connectivity index (χ0v) is 13.0. The van der Waals surface area contributed by atoms with Gasteiger partial charge in [0, 0.05) is 17.2 Å². The minimum atomic E-state index is -0.0627. The Morgan fingerprint density at radius 3 is 2.30 bits per heavy atom. The fourth-order valence-electron chi connectivity index (χ4n) is 1.99. The van der Waals surface area contributed by atoms with Gasteiger partial charge in [0.05, 0.1) is 19.3 Å². The first kappa shape index (κ1) is 16.1. The second-order valence-electron chi connectivity index (χ2n) is 5.47. The van der Waals surface area contributed by atoms with E-state index in [-0.39, 0.29) is 5.41 Å². The summed E-state index contributed by atoms with van der Waals surface area (Å²) in [4.78, 5) is 0. The summed E-state index contributed by atoms with van der Waals surface area (Å²) in [6, 6.07) is 5.96. The molecule has 0 saturated heterocycles. The Labute approximate surface area is 121 Å². The van der Waals surface area contributed by atoms with Gasteiger partial charge in [-0.2, -0.15) is 5.26 Å². The van der Waals surface area contributed by atoms with Gasteiger partial charge in [-0.3, -0.25) is 0 Å². The number of nitrogens with zero attached hydrogens (tertiary/aromatic N) is 1. The first-order chi connectivity index (χ1) is 9.43. The number of hydrogen-bond donors (Lipinski definition) is 0. The highest BCUT2D eigenvalue weighted by Crippen LogP contribution is 2.38. The molecule has 0 unspecified atom stereocenters. The molecule has 0 atom stereocenters. The van der Waals surface area contributed by atoms with Crippen molar-refractivity contribution in [2.75, 3.05) is 13.2 Å². The summed E-state index contributed by atoms with van der Waals surface area (Å²) in [6.45, 7) is 11.5. The third-order valence-corrected chi connectivity index (χ3v) is 2.84. The van der Waals surface area contributed by atoms with Crippen LogP contribution in [0.1, 0.15) is 45.7 Å². The van der Waals surface area contributed by atoms with E-state index in [1.54, 1.807) is 6.08 Å². The molecule has 20 heavy (non-hydrogen) atoms. The van der Waals surface area contributed by atoms with E-state index >= 15 is 0 Å². The molecule has 1 rings (SSSR count). The maximum atomic E-state index is 8.74. The van der Waals surface area contributed by atoms with Gasteiger partial charge in [0.1, 0.15) is 11.5 Å². The second-order valence-corrected chi connectivity index (χ2v) is 5.47. The number of nitriles is 1. The minimum absolute atomic E-state index is 0.0627. The van der Waals surface area contributed by atoms with E-state index in [4.69, 9.17) is 14.7 Å². The van der Waals surface area contributed by atoms with Gasteiger partial charge < -0.3 is 9.47 Å². The van der Waals surface area contributed by atoms with Crippen molar-refractivity contribution >= 4 is 6.08 Å². The van der Waals surface area contributed by atoms with Crippen LogP contribution >= 0.6 is 0 Å². The Hall–Kier alpha value is -1.95. The summed E-state index contributed by atoms with van der Waals surface area (Å²) in [5.41, 5.74) is 1.90. The Kier molecular flexibility index (Phi) is 5.64. The van der Waals surface area contributed by atoms with Crippen molar-refractivity contribution in [3.8, 4) is 17.6 Å². The van der Waals surface area contributed by atoms with Gasteiger partial charge in [-0.05, 0) is 37.5 Å². The Morgan fingerprint density at radius 1 is 1.15 bits per heavy atom. The largest absolute Gasteiger partial charge is 0.494 e. The lowest BCUT2D eigenvalue weighted by Crippen LogP contribution is -2.15. The third-order valence-electron chi connectivity index (χ3n) is 2.84. The van der Waals surface area contributed by atoms with E-state index in [2.05, 4.69) is 20.8 Å². The number of allylic oxidation sites excluding steroid dienone is 1. The van der Waals surface area contributed by atoms with Crippen molar-refractivity contribution in [1.82, 2.24) is 0 Å². The quantitative estimate of drug-likeness (QED) is 0.750. The average Bonchev–Trinajstić information content (AvgIpc) is 2.37. The highest BCUT2D eigenvalue weighted by Gasteiger charge is 2.22. The molecule has 1 aromatic rings. The predicted octanol–water partition coefficient (Wildman–Crippen LogP) is 4.32. The molecule has 0 N–H and O–H groups in total. The molecular weight excluding hydrogens is 250 g/mol. The lowest BCUT2D eigenvalue weighted by molar-refractivity contribution is 0.320. The second kappa shape index (κ2) is 7.00. The van der Waals surface area contributed by atoms with E-state index < -0.39 is 0 Å². The monoisotopic (exact) mass is 273 g/mol. The SMILES string of the molecule is CCOc1cc(/C=C/C#N)c(OCC)c(C(C)(C)C)c1. The molecule has 3 heteroatoms. The molecule has 0 spiro atoms. The van der Waals surface area contributed by atoms with Gasteiger partial charge >= 0.3 is 0 Å². The first-order valence-electron chi connectivity index (χ1n) is 6.94. The van der Waals surface area contributed by atoms with Crippen LogP contribution in [-0.4, -0.2) is 13.2 Å². The van der Waals surface area contributed by atoms with E-state index in [0.717, 1.165) is 22.6 Å². The lowest BCUT2D eigenvalue weighted by Gasteiger charge is -2.25. The topological polar surface area (TPSA) is 42.2 Å². The standard InChI is InChI=1S/C17H23NO2/c1-6-19-14-11-13(9-8-10-18)16(20-7-2)15(12-14)17(3,4)5/h8-9,11-12H,6-7H2,1-5H3/b9-8+. The summed E-state index contributed by atoms with van der Waals surface area (Å²) in [5, 5.41) is 8.74. The van der Waals surface area contributed by atoms with Gasteiger partial charge in [-0.25, -0.2) is 0 Å². The van der Waals surface area contributed by atoms with Crippen molar-refractivity contribution in [2.24, 2.45) is 0 Å². The summed E-state index contributed by atoms with van der Waals surface area (Å²) in [5.74, 6) is 1.63. The van der Waals surface area contributed by atoms with Crippen LogP contribution in [0.15, 0.2) is 18.2 Å². The molecule has 0 bridgehead atoms. The summed E-state index contributed by atoms with van der Waals surface area (Å²) >= 11 is 0. The van der Waals surface area contributed by atoms with Crippen LogP contribution in [0.5, 0.6) is 11.5 Å². The summed E-state index contributed by atoms with van der Waals surface area (Å²) in [6.07, 6.45) is 3.22. The molecule has 0 aliphatic rings. The van der Waals surface area contributed by atoms with Crippen LogP contribution < -0.4 is 9.47 Å². The molecule has 0 aliphatic carbocycles. The molecule has 3 nitrogen and oxygen atoms in total. The van der Waals surface area contributed by atoms with Crippen LogP contribution in [0.2, 0.25) is 0 Å². The maximum Gasteiger partial charge on any atom is 0.130 e. The normalized spacial score (nSPS) is 11.4. The van der Waals surface area contributed by atoms with Crippen LogP contribution in [0.4, 0.5) is 0 Å². The van der Waals surface area contributed by atoms with E-state index in [9.17, 15) is 0 Å². The maximum absolute atomic E-state index is 8.74. The Bertz CT molecular complexity index is 519. The molecule has 0 saturated carbocycles. The highest BCUT2D eigenvalue weighted by molar-refractivity contribution is 5.65. The molecule has 0 heterocycles. The smallest absolute Gasteiger partial charge is 0.130 e. The van der Waals surface area contributed by atoms with Crippen LogP contribution in [0, 0.1) is 11.3 Å². The van der Waals surface area contributed by atoms with Gasteiger partial charge in [0.15, 0.2) is 0 Å². The van der Waals surface area contributed by atoms with Gasteiger partial charge in [0.2, 0.25) is 0 Å². The Balaban J connectivity index is 3.49. The summed E-state index contributed by atoms with van der Waals surface area (Å²) in [7, 11) is 0. The zero-order valence-electron chi connectivity index (χ0n) is 13.0. The van der Waals surface area contributed by atoms with Crippen molar-refractivity contribution in [2.45, 2.75) is 40.0 Å². The molecular formula is C17H23NO2. The number of benzene rings is 1. The molecule has 0 fully saturated rings. The van der Waals surface area contributed by atoms with Crippen LogP contribution in [0.3, 0.4) is 0 Å². The number of ether oxygens (including phenoxy) is 2. The minimum Gasteiger partial charge on any atom is -0.494 e. The van der Waals surface area contributed by atoms with Crippen LogP contribution in [0.25, 0.3) is 6.08 Å². The average molecular weight is 273 g/mol. The summed E-state index contributed by atoms with van der Waals surface area (Å²) < 4.78 is 11.4. The van der Waals surface area contributed by atoms with Gasteiger partial charge in [-0.15, -0.1) is 0 Å². The molecule has 0 aromatic heterocycles. The fraction of sp³-hybridized carbons (Fsp3) is 0.471. The first-order valence-corrected chi connectivity index (χ1v) is 6.94. The zero-order chi connectivity index (χ0) is 15.2. The highest BCUT2D eigenvalue weighted by atomic mass is 16.5. The third kappa shape index (κ3) is 4.03. The van der Waals surface area contributed by atoms with Crippen molar-refractivity contribution < 1.29 is 9.47 Å². The molecule has 1 aromatic carbocycles. The van der Waals surface area contributed by atoms with Crippen molar-refractivity contribution in [3.05, 3.63) is 29.3 Å².